The van der Waals surface area contributed by atoms with Crippen molar-refractivity contribution in [3.63, 3.8) is 0 Å². The zero-order chi connectivity index (χ0) is 20.5. The van der Waals surface area contributed by atoms with Crippen LogP contribution in [0.2, 0.25) is 5.15 Å². The molecule has 5 aromatic rings. The molecule has 0 aliphatic heterocycles. The molecule has 0 aliphatic rings. The molecule has 0 saturated carbocycles. The molecule has 3 aromatic heterocycles. The summed E-state index contributed by atoms with van der Waals surface area (Å²) in [5, 5.41) is 10.6. The Morgan fingerprint density at radius 3 is 2.70 bits per heavy atom. The van der Waals surface area contributed by atoms with Gasteiger partial charge in [-0.25, -0.2) is 4.98 Å². The first-order valence-electron chi connectivity index (χ1n) is 9.47. The molecule has 6 nitrogen and oxygen atoms in total. The van der Waals surface area contributed by atoms with Crippen LogP contribution in [0.4, 0.5) is 11.5 Å². The van der Waals surface area contributed by atoms with E-state index in [2.05, 4.69) is 15.3 Å². The van der Waals surface area contributed by atoms with Crippen molar-refractivity contribution in [1.29, 1.82) is 0 Å². The maximum atomic E-state index is 6.26. The number of rotatable bonds is 5. The van der Waals surface area contributed by atoms with Crippen LogP contribution in [0, 0.1) is 0 Å². The molecule has 0 atom stereocenters. The minimum absolute atomic E-state index is 0.476. The Hall–Kier alpha value is -3.64. The van der Waals surface area contributed by atoms with Crippen molar-refractivity contribution in [3.05, 3.63) is 83.8 Å². The van der Waals surface area contributed by atoms with Gasteiger partial charge in [0.15, 0.2) is 5.82 Å². The number of hydrogen-bond acceptors (Lipinski definition) is 5. The molecule has 0 aliphatic carbocycles. The van der Waals surface area contributed by atoms with Gasteiger partial charge in [-0.1, -0.05) is 29.8 Å². The number of halogens is 1. The van der Waals surface area contributed by atoms with Crippen LogP contribution in [-0.4, -0.2) is 26.9 Å². The molecule has 5 rings (SSSR count). The molecule has 0 amide bonds. The zero-order valence-corrected chi connectivity index (χ0v) is 17.0. The molecule has 148 valence electrons. The topological polar surface area (TPSA) is 64.9 Å². The Morgan fingerprint density at radius 2 is 1.87 bits per heavy atom. The number of hydrogen-bond donors (Lipinski definition) is 1. The second-order valence-electron chi connectivity index (χ2n) is 6.89. The van der Waals surface area contributed by atoms with E-state index >= 15 is 0 Å². The summed E-state index contributed by atoms with van der Waals surface area (Å²) in [4.78, 5) is 8.71. The van der Waals surface area contributed by atoms with Gasteiger partial charge < -0.3 is 10.1 Å². The van der Waals surface area contributed by atoms with E-state index in [1.807, 2.05) is 65.3 Å². The molecule has 1 N–H and O–H groups in total. The molecule has 3 heterocycles. The number of benzene rings is 2. The van der Waals surface area contributed by atoms with Gasteiger partial charge >= 0.3 is 0 Å². The number of fused-ring (bicyclic) bond motifs is 2. The summed E-state index contributed by atoms with van der Waals surface area (Å²) >= 11 is 6.26. The van der Waals surface area contributed by atoms with E-state index < -0.39 is 0 Å². The summed E-state index contributed by atoms with van der Waals surface area (Å²) in [7, 11) is 1.66. The van der Waals surface area contributed by atoms with Gasteiger partial charge in [-0.3, -0.25) is 9.67 Å². The van der Waals surface area contributed by atoms with Crippen LogP contribution in [0.1, 0.15) is 5.56 Å². The monoisotopic (exact) mass is 415 g/mol. The molecule has 7 heteroatoms. The zero-order valence-electron chi connectivity index (χ0n) is 16.2. The van der Waals surface area contributed by atoms with Crippen LogP contribution in [-0.2, 0) is 6.54 Å². The molecule has 30 heavy (non-hydrogen) atoms. The molecule has 0 fully saturated rings. The van der Waals surface area contributed by atoms with Crippen LogP contribution in [0.25, 0.3) is 21.8 Å². The van der Waals surface area contributed by atoms with Crippen molar-refractivity contribution in [3.8, 4) is 5.75 Å². The van der Waals surface area contributed by atoms with Gasteiger partial charge in [0.2, 0.25) is 0 Å². The number of aromatic nitrogens is 4. The van der Waals surface area contributed by atoms with Crippen molar-refractivity contribution in [2.45, 2.75) is 6.54 Å². The normalized spacial score (nSPS) is 11.1. The van der Waals surface area contributed by atoms with Crippen molar-refractivity contribution in [1.82, 2.24) is 19.7 Å². The van der Waals surface area contributed by atoms with Crippen LogP contribution in [0.5, 0.6) is 5.75 Å². The summed E-state index contributed by atoms with van der Waals surface area (Å²) in [6, 6.07) is 19.8. The average Bonchev–Trinajstić information content (AvgIpc) is 3.12. The molecular weight excluding hydrogens is 398 g/mol. The van der Waals surface area contributed by atoms with E-state index in [4.69, 9.17) is 21.4 Å². The first kappa shape index (κ1) is 18.4. The quantitative estimate of drug-likeness (QED) is 0.387. The molecule has 0 radical (unpaired) electrons. The van der Waals surface area contributed by atoms with E-state index in [0.717, 1.165) is 38.8 Å². The standard InChI is InChI=1S/C23H18ClN5O/c1-30-18-8-4-15(5-9-18)14-29-20-3-2-11-25-21(20)23(28-29)27-17-7-6-16-10-12-26-22(24)19(16)13-17/h2-13H,14H2,1H3,(H,27,28). The predicted molar refractivity (Wildman–Crippen MR) is 120 cm³/mol. The molecule has 0 bridgehead atoms. The van der Waals surface area contributed by atoms with E-state index in [0.29, 0.717) is 17.5 Å². The van der Waals surface area contributed by atoms with Crippen molar-refractivity contribution >= 4 is 44.9 Å². The van der Waals surface area contributed by atoms with E-state index in [9.17, 15) is 0 Å². The van der Waals surface area contributed by atoms with Crippen molar-refractivity contribution < 1.29 is 4.74 Å². The summed E-state index contributed by atoms with van der Waals surface area (Å²) in [5.74, 6) is 1.52. The number of nitrogens with one attached hydrogen (secondary N) is 1. The highest BCUT2D eigenvalue weighted by molar-refractivity contribution is 6.34. The molecule has 2 aromatic carbocycles. The number of pyridine rings is 2. The fourth-order valence-electron chi connectivity index (χ4n) is 3.47. The number of nitrogens with zero attached hydrogens (tertiary/aromatic N) is 4. The van der Waals surface area contributed by atoms with Crippen LogP contribution in [0.3, 0.4) is 0 Å². The second-order valence-corrected chi connectivity index (χ2v) is 7.25. The van der Waals surface area contributed by atoms with Gasteiger partial charge in [-0.15, -0.1) is 0 Å². The highest BCUT2D eigenvalue weighted by atomic mass is 35.5. The Morgan fingerprint density at radius 1 is 1.00 bits per heavy atom. The first-order chi connectivity index (χ1) is 14.7. The minimum Gasteiger partial charge on any atom is -0.497 e. The maximum absolute atomic E-state index is 6.26. The van der Waals surface area contributed by atoms with Crippen molar-refractivity contribution in [2.24, 2.45) is 0 Å². The van der Waals surface area contributed by atoms with Crippen LogP contribution >= 0.6 is 11.6 Å². The van der Waals surface area contributed by atoms with Crippen LogP contribution in [0.15, 0.2) is 73.1 Å². The van der Waals surface area contributed by atoms with E-state index in [-0.39, 0.29) is 0 Å². The largest absolute Gasteiger partial charge is 0.497 e. The average molecular weight is 416 g/mol. The summed E-state index contributed by atoms with van der Waals surface area (Å²) in [6.45, 7) is 0.626. The SMILES string of the molecule is COc1ccc(Cn2nc(Nc3ccc4ccnc(Cl)c4c3)c3ncccc32)cc1. The first-order valence-corrected chi connectivity index (χ1v) is 9.85. The Bertz CT molecular complexity index is 1350. The Kier molecular flexibility index (Phi) is 4.69. The van der Waals surface area contributed by atoms with Gasteiger partial charge in [0, 0.05) is 23.5 Å². The highest BCUT2D eigenvalue weighted by Crippen LogP contribution is 2.29. The Labute approximate surface area is 178 Å². The van der Waals surface area contributed by atoms with Gasteiger partial charge in [-0.2, -0.15) is 5.10 Å². The van der Waals surface area contributed by atoms with Gasteiger partial charge in [0.25, 0.3) is 0 Å². The van der Waals surface area contributed by atoms with Gasteiger partial charge in [-0.05, 0) is 53.4 Å². The molecule has 0 unspecified atom stereocenters. The smallest absolute Gasteiger partial charge is 0.179 e. The van der Waals surface area contributed by atoms with Crippen molar-refractivity contribution in [2.75, 3.05) is 12.4 Å². The third-order valence-electron chi connectivity index (χ3n) is 4.98. The Balaban J connectivity index is 1.51. The van der Waals surface area contributed by atoms with Gasteiger partial charge in [0.1, 0.15) is 16.4 Å². The number of methoxy groups -OCH3 is 1. The molecule has 0 spiro atoms. The van der Waals surface area contributed by atoms with Crippen LogP contribution < -0.4 is 10.1 Å². The number of ether oxygens (including phenoxy) is 1. The summed E-state index contributed by atoms with van der Waals surface area (Å²) in [5.41, 5.74) is 3.76. The minimum atomic E-state index is 0.476. The third-order valence-corrected chi connectivity index (χ3v) is 5.28. The summed E-state index contributed by atoms with van der Waals surface area (Å²) < 4.78 is 7.19. The third kappa shape index (κ3) is 3.42. The lowest BCUT2D eigenvalue weighted by molar-refractivity contribution is 0.414. The summed E-state index contributed by atoms with van der Waals surface area (Å²) in [6.07, 6.45) is 3.48. The lowest BCUT2D eigenvalue weighted by Gasteiger charge is -2.06. The van der Waals surface area contributed by atoms with E-state index in [1.165, 1.54) is 0 Å². The molecule has 0 saturated heterocycles. The lowest BCUT2D eigenvalue weighted by Crippen LogP contribution is -2.02. The fraction of sp³-hybridized carbons (Fsp3) is 0.0870. The van der Waals surface area contributed by atoms with E-state index in [1.54, 1.807) is 19.5 Å². The predicted octanol–water partition coefficient (Wildman–Crippen LogP) is 5.43. The van der Waals surface area contributed by atoms with Gasteiger partial charge in [0.05, 0.1) is 19.2 Å². The second kappa shape index (κ2) is 7.65. The fourth-order valence-corrected chi connectivity index (χ4v) is 3.69. The number of anilines is 2. The lowest BCUT2D eigenvalue weighted by atomic mass is 10.1. The molecular formula is C23H18ClN5O. The maximum Gasteiger partial charge on any atom is 0.179 e. The highest BCUT2D eigenvalue weighted by Gasteiger charge is 2.13.